The van der Waals surface area contributed by atoms with E-state index in [1.165, 1.54) is 0 Å². The third-order valence-corrected chi connectivity index (χ3v) is 4.03. The number of aliphatic hydroxyl groups excluding tert-OH is 1. The van der Waals surface area contributed by atoms with Gasteiger partial charge in [0, 0.05) is 16.7 Å². The second kappa shape index (κ2) is 5.28. The summed E-state index contributed by atoms with van der Waals surface area (Å²) < 4.78 is 0.852. The fourth-order valence-corrected chi connectivity index (χ4v) is 3.10. The first kappa shape index (κ1) is 13.4. The van der Waals surface area contributed by atoms with E-state index in [0.29, 0.717) is 0 Å². The summed E-state index contributed by atoms with van der Waals surface area (Å²) in [4.78, 5) is 13.4. The van der Waals surface area contributed by atoms with Crippen LogP contribution in [-0.2, 0) is 4.79 Å². The Bertz CT molecular complexity index is 462. The molecule has 3 N–H and O–H groups in total. The number of aliphatic hydroxyl groups is 1. The molecule has 5 heteroatoms. The first-order chi connectivity index (χ1) is 8.50. The van der Waals surface area contributed by atoms with Crippen LogP contribution in [0.3, 0.4) is 0 Å². The molecule has 1 amide bonds. The number of anilines is 1. The monoisotopic (exact) mass is 312 g/mol. The molecule has 18 heavy (non-hydrogen) atoms. The number of carbonyl (C=O) groups excluding carboxylic acids is 1. The molecule has 1 aromatic carbocycles. The molecular weight excluding hydrogens is 296 g/mol. The van der Waals surface area contributed by atoms with Gasteiger partial charge in [-0.25, -0.2) is 0 Å². The number of carbonyl (C=O) groups is 1. The van der Waals surface area contributed by atoms with Crippen molar-refractivity contribution in [2.75, 3.05) is 11.4 Å². The van der Waals surface area contributed by atoms with E-state index in [9.17, 15) is 9.90 Å². The molecule has 2 rings (SSSR count). The summed E-state index contributed by atoms with van der Waals surface area (Å²) in [5.41, 5.74) is 7.22. The Morgan fingerprint density at radius 3 is 2.89 bits per heavy atom. The van der Waals surface area contributed by atoms with E-state index in [1.807, 2.05) is 23.1 Å². The molecule has 0 spiro atoms. The zero-order valence-corrected chi connectivity index (χ0v) is 11.9. The Morgan fingerprint density at radius 2 is 2.33 bits per heavy atom. The van der Waals surface area contributed by atoms with Crippen molar-refractivity contribution in [1.82, 2.24) is 0 Å². The van der Waals surface area contributed by atoms with Gasteiger partial charge in [0.05, 0.1) is 6.10 Å². The smallest absolute Gasteiger partial charge is 0.240 e. The van der Waals surface area contributed by atoms with Gasteiger partial charge < -0.3 is 15.7 Å². The molecule has 98 valence electrons. The predicted molar refractivity (Wildman–Crippen MR) is 74.3 cm³/mol. The zero-order valence-electron chi connectivity index (χ0n) is 10.3. The van der Waals surface area contributed by atoms with Gasteiger partial charge in [0.25, 0.3) is 0 Å². The third-order valence-electron chi connectivity index (χ3n) is 3.35. The van der Waals surface area contributed by atoms with Crippen LogP contribution in [0.25, 0.3) is 0 Å². The van der Waals surface area contributed by atoms with E-state index >= 15 is 0 Å². The number of amides is 1. The van der Waals surface area contributed by atoms with Crippen molar-refractivity contribution in [3.05, 3.63) is 28.2 Å². The Hall–Kier alpha value is -1.07. The molecule has 0 radical (unpaired) electrons. The summed E-state index contributed by atoms with van der Waals surface area (Å²) in [5.74, 6) is -0.275. The van der Waals surface area contributed by atoms with Crippen molar-refractivity contribution < 1.29 is 9.90 Å². The van der Waals surface area contributed by atoms with Crippen LogP contribution in [0.1, 0.15) is 31.4 Å². The lowest BCUT2D eigenvalue weighted by atomic mass is 10.1. The summed E-state index contributed by atoms with van der Waals surface area (Å²) >= 11 is 3.45. The van der Waals surface area contributed by atoms with E-state index in [4.69, 9.17) is 5.73 Å². The van der Waals surface area contributed by atoms with Crippen LogP contribution in [0, 0.1) is 0 Å². The van der Waals surface area contributed by atoms with Crippen LogP contribution in [0.15, 0.2) is 22.7 Å². The summed E-state index contributed by atoms with van der Waals surface area (Å²) in [6.45, 7) is 2.57. The molecule has 1 aromatic rings. The Labute approximate surface area is 115 Å². The molecule has 1 fully saturated rings. The SMILES string of the molecule is C[C@@H](O)c1ccc(N2CCCC2C(N)=O)cc1Br. The maximum absolute atomic E-state index is 11.4. The first-order valence-electron chi connectivity index (χ1n) is 6.04. The van der Waals surface area contributed by atoms with Crippen LogP contribution in [0.5, 0.6) is 0 Å². The van der Waals surface area contributed by atoms with Gasteiger partial charge in [0.2, 0.25) is 5.91 Å². The van der Waals surface area contributed by atoms with Crippen LogP contribution in [0.2, 0.25) is 0 Å². The number of rotatable bonds is 3. The van der Waals surface area contributed by atoms with Crippen LogP contribution < -0.4 is 10.6 Å². The van der Waals surface area contributed by atoms with Crippen molar-refractivity contribution in [1.29, 1.82) is 0 Å². The summed E-state index contributed by atoms with van der Waals surface area (Å²) in [5, 5.41) is 9.58. The van der Waals surface area contributed by atoms with Gasteiger partial charge in [-0.3, -0.25) is 4.79 Å². The highest BCUT2D eigenvalue weighted by Gasteiger charge is 2.29. The average molecular weight is 313 g/mol. The van der Waals surface area contributed by atoms with E-state index in [0.717, 1.165) is 35.1 Å². The number of hydrogen-bond acceptors (Lipinski definition) is 3. The summed E-state index contributed by atoms with van der Waals surface area (Å²) in [6, 6.07) is 5.52. The number of nitrogens with two attached hydrogens (primary N) is 1. The molecule has 1 saturated heterocycles. The molecule has 1 unspecified atom stereocenters. The topological polar surface area (TPSA) is 66.6 Å². The maximum atomic E-state index is 11.4. The fraction of sp³-hybridized carbons (Fsp3) is 0.462. The lowest BCUT2D eigenvalue weighted by Crippen LogP contribution is -2.40. The van der Waals surface area contributed by atoms with Crippen molar-refractivity contribution >= 4 is 27.5 Å². The molecular formula is C13H17BrN2O2. The van der Waals surface area contributed by atoms with Crippen LogP contribution in [-0.4, -0.2) is 23.6 Å². The second-order valence-corrected chi connectivity index (χ2v) is 5.49. The Kier molecular flexibility index (Phi) is 3.92. The van der Waals surface area contributed by atoms with Crippen molar-refractivity contribution in [2.24, 2.45) is 5.73 Å². The highest BCUT2D eigenvalue weighted by molar-refractivity contribution is 9.10. The molecule has 1 heterocycles. The lowest BCUT2D eigenvalue weighted by Gasteiger charge is -2.25. The summed E-state index contributed by atoms with van der Waals surface area (Å²) in [6.07, 6.45) is 1.27. The highest BCUT2D eigenvalue weighted by atomic mass is 79.9. The van der Waals surface area contributed by atoms with Crippen LogP contribution >= 0.6 is 15.9 Å². The molecule has 0 aliphatic carbocycles. The number of hydrogen-bond donors (Lipinski definition) is 2. The van der Waals surface area contributed by atoms with Crippen molar-refractivity contribution in [3.63, 3.8) is 0 Å². The van der Waals surface area contributed by atoms with Gasteiger partial charge in [0.15, 0.2) is 0 Å². The molecule has 1 aliphatic heterocycles. The quantitative estimate of drug-likeness (QED) is 0.896. The minimum Gasteiger partial charge on any atom is -0.389 e. The van der Waals surface area contributed by atoms with Crippen molar-refractivity contribution in [3.8, 4) is 0 Å². The van der Waals surface area contributed by atoms with E-state index in [1.54, 1.807) is 6.92 Å². The van der Waals surface area contributed by atoms with Gasteiger partial charge in [-0.1, -0.05) is 22.0 Å². The van der Waals surface area contributed by atoms with Gasteiger partial charge >= 0.3 is 0 Å². The third kappa shape index (κ3) is 2.52. The number of primary amides is 1. The molecule has 4 nitrogen and oxygen atoms in total. The van der Waals surface area contributed by atoms with Gasteiger partial charge in [-0.05, 0) is 37.5 Å². The minimum absolute atomic E-state index is 0.214. The minimum atomic E-state index is -0.515. The molecule has 1 aliphatic rings. The molecule has 0 bridgehead atoms. The molecule has 0 aromatic heterocycles. The number of nitrogens with zero attached hydrogens (tertiary/aromatic N) is 1. The average Bonchev–Trinajstić information content (AvgIpc) is 2.77. The Morgan fingerprint density at radius 1 is 1.61 bits per heavy atom. The number of benzene rings is 1. The lowest BCUT2D eigenvalue weighted by molar-refractivity contribution is -0.119. The van der Waals surface area contributed by atoms with E-state index in [2.05, 4.69) is 15.9 Å². The van der Waals surface area contributed by atoms with Gasteiger partial charge in [-0.15, -0.1) is 0 Å². The summed E-state index contributed by atoms with van der Waals surface area (Å²) in [7, 11) is 0. The van der Waals surface area contributed by atoms with Gasteiger partial charge in [-0.2, -0.15) is 0 Å². The Balaban J connectivity index is 2.29. The van der Waals surface area contributed by atoms with Crippen molar-refractivity contribution in [2.45, 2.75) is 31.9 Å². The molecule has 0 saturated carbocycles. The predicted octanol–water partition coefficient (Wildman–Crippen LogP) is 1.96. The normalized spacial score (nSPS) is 21.1. The highest BCUT2D eigenvalue weighted by Crippen LogP contribution is 2.31. The zero-order chi connectivity index (χ0) is 13.3. The largest absolute Gasteiger partial charge is 0.389 e. The molecule has 2 atom stereocenters. The van der Waals surface area contributed by atoms with Crippen LogP contribution in [0.4, 0.5) is 5.69 Å². The van der Waals surface area contributed by atoms with E-state index in [-0.39, 0.29) is 11.9 Å². The maximum Gasteiger partial charge on any atom is 0.240 e. The second-order valence-electron chi connectivity index (χ2n) is 4.64. The van der Waals surface area contributed by atoms with Gasteiger partial charge in [0.1, 0.15) is 6.04 Å². The fourth-order valence-electron chi connectivity index (χ4n) is 2.41. The standard InChI is InChI=1S/C13H17BrN2O2/c1-8(17)10-5-4-9(7-11(10)14)16-6-2-3-12(16)13(15)18/h4-5,7-8,12,17H,2-3,6H2,1H3,(H2,15,18)/t8-,12?/m1/s1. The van der Waals surface area contributed by atoms with E-state index < -0.39 is 6.10 Å². The first-order valence-corrected chi connectivity index (χ1v) is 6.83. The number of halogens is 1.